The third-order valence-electron chi connectivity index (χ3n) is 5.04. The van der Waals surface area contributed by atoms with E-state index in [1.54, 1.807) is 24.8 Å². The summed E-state index contributed by atoms with van der Waals surface area (Å²) in [6, 6.07) is 9.19. The molecule has 2 aromatic heterocycles. The van der Waals surface area contributed by atoms with E-state index in [1.165, 1.54) is 4.31 Å². The fourth-order valence-corrected chi connectivity index (χ4v) is 5.43. The van der Waals surface area contributed by atoms with Gasteiger partial charge < -0.3 is 9.32 Å². The molecule has 1 aliphatic rings. The van der Waals surface area contributed by atoms with Crippen molar-refractivity contribution >= 4 is 26.9 Å². The number of nitrogens with zero attached hydrogens (tertiary/aromatic N) is 3. The summed E-state index contributed by atoms with van der Waals surface area (Å²) in [5.41, 5.74) is 1.64. The number of carbonyl (C=O) groups is 1. The number of hydrogen-bond acceptors (Lipinski definition) is 5. The van der Waals surface area contributed by atoms with E-state index >= 15 is 0 Å². The molecule has 1 saturated heterocycles. The number of aryl methyl sites for hydroxylation is 2. The van der Waals surface area contributed by atoms with Crippen LogP contribution < -0.4 is 0 Å². The molecule has 0 saturated carbocycles. The van der Waals surface area contributed by atoms with Gasteiger partial charge in [-0.15, -0.1) is 0 Å². The zero-order chi connectivity index (χ0) is 19.9. The number of aromatic nitrogens is 2. The lowest BCUT2D eigenvalue weighted by Gasteiger charge is -2.21. The van der Waals surface area contributed by atoms with E-state index in [4.69, 9.17) is 4.42 Å². The predicted octanol–water partition coefficient (Wildman–Crippen LogP) is 2.31. The highest BCUT2D eigenvalue weighted by molar-refractivity contribution is 7.89. The van der Waals surface area contributed by atoms with E-state index < -0.39 is 10.0 Å². The summed E-state index contributed by atoms with van der Waals surface area (Å²) in [7, 11) is -3.66. The smallest absolute Gasteiger partial charge is 0.289 e. The van der Waals surface area contributed by atoms with Crippen molar-refractivity contribution in [2.75, 3.05) is 26.2 Å². The van der Waals surface area contributed by atoms with Gasteiger partial charge in [0.15, 0.2) is 5.76 Å². The Morgan fingerprint density at radius 2 is 1.93 bits per heavy atom. The molecule has 3 aromatic rings. The van der Waals surface area contributed by atoms with Gasteiger partial charge in [0.2, 0.25) is 10.0 Å². The molecule has 1 amide bonds. The summed E-state index contributed by atoms with van der Waals surface area (Å²) in [5.74, 6) is 0.0603. The lowest BCUT2D eigenvalue weighted by molar-refractivity contribution is 0.0734. The van der Waals surface area contributed by atoms with Gasteiger partial charge in [-0.05, 0) is 32.4 Å². The Morgan fingerprint density at radius 1 is 1.14 bits per heavy atom. The van der Waals surface area contributed by atoms with Crippen molar-refractivity contribution < 1.29 is 17.6 Å². The minimum atomic E-state index is -3.66. The van der Waals surface area contributed by atoms with E-state index in [0.29, 0.717) is 43.0 Å². The number of aromatic amines is 1. The van der Waals surface area contributed by atoms with E-state index in [-0.39, 0.29) is 23.1 Å². The third kappa shape index (κ3) is 3.20. The molecule has 0 atom stereocenters. The summed E-state index contributed by atoms with van der Waals surface area (Å²) in [5, 5.41) is 7.59. The molecule has 4 rings (SSSR count). The topological polar surface area (TPSA) is 99.5 Å². The summed E-state index contributed by atoms with van der Waals surface area (Å²) < 4.78 is 33.2. The highest BCUT2D eigenvalue weighted by Crippen LogP contribution is 2.24. The van der Waals surface area contributed by atoms with Gasteiger partial charge in [-0.2, -0.15) is 9.40 Å². The van der Waals surface area contributed by atoms with Crippen LogP contribution in [0.25, 0.3) is 11.0 Å². The van der Waals surface area contributed by atoms with Gasteiger partial charge in [0.25, 0.3) is 5.91 Å². The van der Waals surface area contributed by atoms with E-state index in [1.807, 2.05) is 24.3 Å². The first kappa shape index (κ1) is 18.7. The van der Waals surface area contributed by atoms with Gasteiger partial charge in [-0.1, -0.05) is 18.2 Å². The Kier molecular flexibility index (Phi) is 4.72. The fraction of sp³-hybridized carbons (Fsp3) is 0.368. The molecule has 28 heavy (non-hydrogen) atoms. The zero-order valence-corrected chi connectivity index (χ0v) is 16.6. The molecule has 9 heteroatoms. The Hall–Kier alpha value is -2.65. The molecule has 0 radical (unpaired) electrons. The maximum atomic E-state index is 13.1. The van der Waals surface area contributed by atoms with Gasteiger partial charge in [0, 0.05) is 31.6 Å². The Morgan fingerprint density at radius 3 is 2.64 bits per heavy atom. The van der Waals surface area contributed by atoms with Crippen LogP contribution in [0, 0.1) is 13.8 Å². The summed E-state index contributed by atoms with van der Waals surface area (Å²) in [6.45, 7) is 4.75. The van der Waals surface area contributed by atoms with Crippen LogP contribution in [0.5, 0.6) is 0 Å². The fourth-order valence-electron chi connectivity index (χ4n) is 3.63. The van der Waals surface area contributed by atoms with Crippen molar-refractivity contribution in [1.82, 2.24) is 19.4 Å². The Balaban J connectivity index is 1.53. The van der Waals surface area contributed by atoms with Crippen LogP contribution in [0.1, 0.15) is 28.4 Å². The molecule has 0 aliphatic carbocycles. The number of amides is 1. The monoisotopic (exact) mass is 402 g/mol. The first-order chi connectivity index (χ1) is 13.4. The standard InChI is InChI=1S/C19H22N4O4S/c1-13-18(14(2)21-20-13)28(25,26)23-9-5-8-22(10-11-23)19(24)17-12-15-6-3-4-7-16(15)27-17/h3-4,6-7,12H,5,8-11H2,1-2H3,(H,20,21). The molecule has 1 fully saturated rings. The molecule has 0 spiro atoms. The van der Waals surface area contributed by atoms with E-state index in [2.05, 4.69) is 10.2 Å². The van der Waals surface area contributed by atoms with Crippen molar-refractivity contribution in [3.05, 3.63) is 47.5 Å². The van der Waals surface area contributed by atoms with Crippen LogP contribution in [0.2, 0.25) is 0 Å². The summed E-state index contributed by atoms with van der Waals surface area (Å²) in [4.78, 5) is 14.7. The molecule has 0 unspecified atom stereocenters. The number of sulfonamides is 1. The van der Waals surface area contributed by atoms with Crippen LogP contribution in [-0.2, 0) is 10.0 Å². The van der Waals surface area contributed by atoms with Crippen molar-refractivity contribution in [3.63, 3.8) is 0 Å². The molecular formula is C19H22N4O4S. The van der Waals surface area contributed by atoms with Gasteiger partial charge in [-0.25, -0.2) is 8.42 Å². The average Bonchev–Trinajstić information content (AvgIpc) is 3.14. The average molecular weight is 402 g/mol. The number of carbonyl (C=O) groups excluding carboxylic acids is 1. The molecule has 148 valence electrons. The molecule has 1 aromatic carbocycles. The van der Waals surface area contributed by atoms with Crippen LogP contribution in [-0.4, -0.2) is 59.9 Å². The second kappa shape index (κ2) is 7.06. The number of H-pyrrole nitrogens is 1. The number of furan rings is 1. The van der Waals surface area contributed by atoms with Crippen molar-refractivity contribution in [2.24, 2.45) is 0 Å². The van der Waals surface area contributed by atoms with Crippen LogP contribution in [0.4, 0.5) is 0 Å². The molecule has 1 N–H and O–H groups in total. The molecular weight excluding hydrogens is 380 g/mol. The molecule has 8 nitrogen and oxygen atoms in total. The maximum Gasteiger partial charge on any atom is 0.289 e. The third-order valence-corrected chi connectivity index (χ3v) is 7.20. The maximum absolute atomic E-state index is 13.1. The summed E-state index contributed by atoms with van der Waals surface area (Å²) >= 11 is 0. The molecule has 3 heterocycles. The number of fused-ring (bicyclic) bond motifs is 1. The first-order valence-electron chi connectivity index (χ1n) is 9.17. The molecule has 0 bridgehead atoms. The lowest BCUT2D eigenvalue weighted by Crippen LogP contribution is -2.37. The second-order valence-corrected chi connectivity index (χ2v) is 8.84. The Bertz CT molecular complexity index is 1080. The predicted molar refractivity (Wildman–Crippen MR) is 104 cm³/mol. The minimum Gasteiger partial charge on any atom is -0.451 e. The van der Waals surface area contributed by atoms with Crippen molar-refractivity contribution in [3.8, 4) is 0 Å². The van der Waals surface area contributed by atoms with Gasteiger partial charge in [0.1, 0.15) is 10.5 Å². The highest BCUT2D eigenvalue weighted by atomic mass is 32.2. The first-order valence-corrected chi connectivity index (χ1v) is 10.6. The largest absolute Gasteiger partial charge is 0.451 e. The number of para-hydroxylation sites is 1. The van der Waals surface area contributed by atoms with E-state index in [9.17, 15) is 13.2 Å². The SMILES string of the molecule is Cc1n[nH]c(C)c1S(=O)(=O)N1CCCN(C(=O)c2cc3ccccc3o2)CC1. The van der Waals surface area contributed by atoms with Gasteiger partial charge in [-0.3, -0.25) is 9.89 Å². The van der Waals surface area contributed by atoms with Crippen LogP contribution >= 0.6 is 0 Å². The zero-order valence-electron chi connectivity index (χ0n) is 15.8. The number of hydrogen-bond donors (Lipinski definition) is 1. The van der Waals surface area contributed by atoms with Gasteiger partial charge in [0.05, 0.1) is 11.4 Å². The highest BCUT2D eigenvalue weighted by Gasteiger charge is 2.32. The normalized spacial score (nSPS) is 16.4. The minimum absolute atomic E-state index is 0.217. The summed E-state index contributed by atoms with van der Waals surface area (Å²) in [6.07, 6.45) is 0.557. The molecule has 1 aliphatic heterocycles. The second-order valence-electron chi connectivity index (χ2n) is 6.96. The van der Waals surface area contributed by atoms with Crippen molar-refractivity contribution in [1.29, 1.82) is 0 Å². The van der Waals surface area contributed by atoms with Gasteiger partial charge >= 0.3 is 0 Å². The Labute approximate surface area is 163 Å². The number of benzene rings is 1. The number of nitrogens with one attached hydrogen (secondary N) is 1. The lowest BCUT2D eigenvalue weighted by atomic mass is 10.2. The van der Waals surface area contributed by atoms with Crippen molar-refractivity contribution in [2.45, 2.75) is 25.2 Å². The quantitative estimate of drug-likeness (QED) is 0.725. The van der Waals surface area contributed by atoms with E-state index in [0.717, 1.165) is 5.39 Å². The van der Waals surface area contributed by atoms with Crippen LogP contribution in [0.15, 0.2) is 39.6 Å². The van der Waals surface area contributed by atoms with Crippen LogP contribution in [0.3, 0.4) is 0 Å². The number of rotatable bonds is 3.